The van der Waals surface area contributed by atoms with E-state index < -0.39 is 0 Å². The van der Waals surface area contributed by atoms with Crippen molar-refractivity contribution in [3.63, 3.8) is 0 Å². The molecule has 1 fully saturated rings. The number of hydrogen-bond donors (Lipinski definition) is 1. The molecule has 1 aliphatic heterocycles. The molecule has 1 N–H and O–H groups in total. The van der Waals surface area contributed by atoms with E-state index in [0.717, 1.165) is 11.0 Å². The van der Waals surface area contributed by atoms with Crippen molar-refractivity contribution in [2.45, 2.75) is 46.1 Å². The Hall–Kier alpha value is -1.55. The highest BCUT2D eigenvalue weighted by Crippen LogP contribution is 2.08. The summed E-state index contributed by atoms with van der Waals surface area (Å²) < 4.78 is 1.72. The fourth-order valence-corrected chi connectivity index (χ4v) is 2.87. The first-order valence-electron chi connectivity index (χ1n) is 8.16. The standard InChI is InChI=1S/C9H10N2O.C8H17N/c1-2-11-8-6-4-3-5-7(8)10-9(11)12;1-2-9-7-5-3-4-6-8-9/h3-6H,2H2,1H3,(H,10,12);2-8H2,1H3. The van der Waals surface area contributed by atoms with Crippen LogP contribution in [0.1, 0.15) is 39.5 Å². The van der Waals surface area contributed by atoms with Gasteiger partial charge in [0.25, 0.3) is 0 Å². The minimum Gasteiger partial charge on any atom is -0.306 e. The zero-order valence-corrected chi connectivity index (χ0v) is 13.3. The van der Waals surface area contributed by atoms with Crippen LogP contribution in [0.2, 0.25) is 0 Å². The maximum Gasteiger partial charge on any atom is 0.326 e. The van der Waals surface area contributed by atoms with Crippen LogP contribution in [-0.4, -0.2) is 34.1 Å². The summed E-state index contributed by atoms with van der Waals surface area (Å²) >= 11 is 0. The molecule has 0 bridgehead atoms. The fraction of sp³-hybridized carbons (Fsp3) is 0.588. The van der Waals surface area contributed by atoms with Gasteiger partial charge in [0, 0.05) is 6.54 Å². The molecule has 0 amide bonds. The fourth-order valence-electron chi connectivity index (χ4n) is 2.87. The lowest BCUT2D eigenvalue weighted by molar-refractivity contribution is 0.301. The first-order valence-corrected chi connectivity index (χ1v) is 8.16. The van der Waals surface area contributed by atoms with Crippen LogP contribution in [0.3, 0.4) is 0 Å². The van der Waals surface area contributed by atoms with Crippen molar-refractivity contribution < 1.29 is 0 Å². The van der Waals surface area contributed by atoms with Crippen LogP contribution >= 0.6 is 0 Å². The number of rotatable bonds is 2. The second-order valence-corrected chi connectivity index (χ2v) is 5.54. The molecule has 1 aliphatic rings. The third-order valence-corrected chi connectivity index (χ3v) is 4.14. The van der Waals surface area contributed by atoms with Crippen molar-refractivity contribution >= 4 is 11.0 Å². The summed E-state index contributed by atoms with van der Waals surface area (Å²) in [5.74, 6) is 0. The van der Waals surface area contributed by atoms with Gasteiger partial charge in [-0.25, -0.2) is 4.79 Å². The molecule has 4 heteroatoms. The van der Waals surface area contributed by atoms with Crippen LogP contribution in [0, 0.1) is 0 Å². The predicted molar refractivity (Wildman–Crippen MR) is 88.8 cm³/mol. The number of para-hydroxylation sites is 2. The number of hydrogen-bond acceptors (Lipinski definition) is 2. The highest BCUT2D eigenvalue weighted by Gasteiger charge is 2.04. The van der Waals surface area contributed by atoms with Crippen LogP contribution in [0.4, 0.5) is 0 Å². The number of aryl methyl sites for hydroxylation is 1. The molecule has 2 heterocycles. The maximum absolute atomic E-state index is 11.3. The summed E-state index contributed by atoms with van der Waals surface area (Å²) in [7, 11) is 0. The van der Waals surface area contributed by atoms with Crippen LogP contribution < -0.4 is 5.69 Å². The Morgan fingerprint density at radius 2 is 1.67 bits per heavy atom. The minimum absolute atomic E-state index is 0.0290. The minimum atomic E-state index is -0.0290. The number of benzene rings is 1. The van der Waals surface area contributed by atoms with E-state index >= 15 is 0 Å². The Balaban J connectivity index is 0.000000161. The van der Waals surface area contributed by atoms with Crippen LogP contribution in [-0.2, 0) is 6.54 Å². The Kier molecular flexibility index (Phi) is 6.05. The van der Waals surface area contributed by atoms with Gasteiger partial charge in [-0.15, -0.1) is 0 Å². The van der Waals surface area contributed by atoms with Crippen LogP contribution in [0.5, 0.6) is 0 Å². The van der Waals surface area contributed by atoms with E-state index in [4.69, 9.17) is 0 Å². The number of likely N-dealkylation sites (tertiary alicyclic amines) is 1. The molecule has 0 radical (unpaired) electrons. The van der Waals surface area contributed by atoms with Crippen molar-refractivity contribution in [2.24, 2.45) is 0 Å². The van der Waals surface area contributed by atoms with Gasteiger partial charge >= 0.3 is 5.69 Å². The highest BCUT2D eigenvalue weighted by atomic mass is 16.1. The predicted octanol–water partition coefficient (Wildman–Crippen LogP) is 3.23. The van der Waals surface area contributed by atoms with Crippen molar-refractivity contribution in [2.75, 3.05) is 19.6 Å². The number of aromatic nitrogens is 2. The Morgan fingerprint density at radius 3 is 2.29 bits per heavy atom. The number of nitrogens with one attached hydrogen (secondary N) is 1. The smallest absolute Gasteiger partial charge is 0.306 e. The van der Waals surface area contributed by atoms with E-state index in [9.17, 15) is 4.79 Å². The molecule has 0 aliphatic carbocycles. The van der Waals surface area contributed by atoms with Gasteiger partial charge in [0.1, 0.15) is 0 Å². The monoisotopic (exact) mass is 289 g/mol. The average molecular weight is 289 g/mol. The van der Waals surface area contributed by atoms with Crippen LogP contribution in [0.15, 0.2) is 29.1 Å². The van der Waals surface area contributed by atoms with Gasteiger partial charge in [-0.3, -0.25) is 4.57 Å². The number of nitrogens with zero attached hydrogens (tertiary/aromatic N) is 2. The maximum atomic E-state index is 11.3. The second-order valence-electron chi connectivity index (χ2n) is 5.54. The van der Waals surface area contributed by atoms with Gasteiger partial charge in [0.2, 0.25) is 0 Å². The van der Waals surface area contributed by atoms with Gasteiger partial charge in [0.15, 0.2) is 0 Å². The normalized spacial score (nSPS) is 16.3. The molecular formula is C17H27N3O. The van der Waals surface area contributed by atoms with Crippen molar-refractivity contribution in [1.82, 2.24) is 14.5 Å². The number of H-pyrrole nitrogens is 1. The van der Waals surface area contributed by atoms with Gasteiger partial charge < -0.3 is 9.88 Å². The van der Waals surface area contributed by atoms with Crippen LogP contribution in [0.25, 0.3) is 11.0 Å². The molecule has 21 heavy (non-hydrogen) atoms. The molecule has 4 nitrogen and oxygen atoms in total. The third kappa shape index (κ3) is 4.21. The number of fused-ring (bicyclic) bond motifs is 1. The summed E-state index contributed by atoms with van der Waals surface area (Å²) in [5.41, 5.74) is 1.85. The molecule has 0 spiro atoms. The SMILES string of the molecule is CCN1CCCCCC1.CCn1c(=O)[nH]c2ccccc21. The summed E-state index contributed by atoms with van der Waals surface area (Å²) in [6, 6.07) is 7.69. The lowest BCUT2D eigenvalue weighted by Gasteiger charge is -2.15. The molecule has 2 aromatic rings. The van der Waals surface area contributed by atoms with E-state index in [1.54, 1.807) is 4.57 Å². The average Bonchev–Trinajstić information content (AvgIpc) is 2.68. The van der Waals surface area contributed by atoms with E-state index in [-0.39, 0.29) is 5.69 Å². The first kappa shape index (κ1) is 15.8. The highest BCUT2D eigenvalue weighted by molar-refractivity contribution is 5.74. The largest absolute Gasteiger partial charge is 0.326 e. The molecule has 1 aromatic carbocycles. The van der Waals surface area contributed by atoms with Gasteiger partial charge in [0.05, 0.1) is 11.0 Å². The molecule has 0 saturated carbocycles. The number of imidazole rings is 1. The summed E-state index contributed by atoms with van der Waals surface area (Å²) in [4.78, 5) is 16.6. The topological polar surface area (TPSA) is 41.0 Å². The molecule has 116 valence electrons. The zero-order chi connectivity index (χ0) is 15.1. The van der Waals surface area contributed by atoms with E-state index in [1.165, 1.54) is 45.3 Å². The molecule has 1 saturated heterocycles. The second kappa shape index (κ2) is 8.03. The zero-order valence-electron chi connectivity index (χ0n) is 13.3. The van der Waals surface area contributed by atoms with Gasteiger partial charge in [-0.05, 0) is 51.5 Å². The Bertz CT molecular complexity index is 591. The lowest BCUT2D eigenvalue weighted by Crippen LogP contribution is -2.23. The molecular weight excluding hydrogens is 262 g/mol. The first-order chi connectivity index (χ1) is 10.3. The van der Waals surface area contributed by atoms with Crippen molar-refractivity contribution in [3.8, 4) is 0 Å². The molecule has 1 aromatic heterocycles. The third-order valence-electron chi connectivity index (χ3n) is 4.14. The Morgan fingerprint density at radius 1 is 1.00 bits per heavy atom. The molecule has 0 unspecified atom stereocenters. The Labute approximate surface area is 126 Å². The summed E-state index contributed by atoms with van der Waals surface area (Å²) in [6.45, 7) is 8.86. The van der Waals surface area contributed by atoms with E-state index in [2.05, 4.69) is 16.8 Å². The number of aromatic amines is 1. The van der Waals surface area contributed by atoms with Crippen molar-refractivity contribution in [3.05, 3.63) is 34.7 Å². The van der Waals surface area contributed by atoms with Crippen molar-refractivity contribution in [1.29, 1.82) is 0 Å². The summed E-state index contributed by atoms with van der Waals surface area (Å²) in [5, 5.41) is 0. The lowest BCUT2D eigenvalue weighted by atomic mass is 10.2. The summed E-state index contributed by atoms with van der Waals surface area (Å²) in [6.07, 6.45) is 5.76. The van der Waals surface area contributed by atoms with Gasteiger partial charge in [-0.1, -0.05) is 31.9 Å². The van der Waals surface area contributed by atoms with E-state index in [1.807, 2.05) is 31.2 Å². The quantitative estimate of drug-likeness (QED) is 0.922. The van der Waals surface area contributed by atoms with E-state index in [0.29, 0.717) is 6.54 Å². The van der Waals surface area contributed by atoms with Gasteiger partial charge in [-0.2, -0.15) is 0 Å². The molecule has 0 atom stereocenters. The molecule has 3 rings (SSSR count).